The maximum atomic E-state index is 4.75. The predicted molar refractivity (Wildman–Crippen MR) is 77.0 cm³/mol. The summed E-state index contributed by atoms with van der Waals surface area (Å²) >= 11 is 0. The van der Waals surface area contributed by atoms with Crippen LogP contribution in [0.25, 0.3) is 11.4 Å². The highest BCUT2D eigenvalue weighted by molar-refractivity contribution is 5.59. The van der Waals surface area contributed by atoms with Crippen molar-refractivity contribution in [3.05, 3.63) is 35.7 Å². The summed E-state index contributed by atoms with van der Waals surface area (Å²) in [5, 5.41) is 7.60. The number of hydrogen-bond donors (Lipinski definition) is 1. The molecule has 1 aliphatic carbocycles. The van der Waals surface area contributed by atoms with E-state index in [-0.39, 0.29) is 0 Å². The Morgan fingerprint density at radius 1 is 1.16 bits per heavy atom. The van der Waals surface area contributed by atoms with Crippen molar-refractivity contribution in [3.63, 3.8) is 0 Å². The van der Waals surface area contributed by atoms with Crippen LogP contribution in [-0.4, -0.2) is 15.2 Å². The first kappa shape index (κ1) is 12.4. The highest BCUT2D eigenvalue weighted by Gasteiger charge is 2.19. The fourth-order valence-electron chi connectivity index (χ4n) is 3.00. The van der Waals surface area contributed by atoms with Crippen LogP contribution in [0.15, 0.2) is 24.3 Å². The monoisotopic (exact) mass is 255 g/mol. The molecule has 1 aromatic heterocycles. The van der Waals surface area contributed by atoms with E-state index in [2.05, 4.69) is 41.4 Å². The van der Waals surface area contributed by atoms with Crippen molar-refractivity contribution in [2.45, 2.75) is 51.4 Å². The maximum Gasteiger partial charge on any atom is 0.181 e. The van der Waals surface area contributed by atoms with Crippen LogP contribution in [0, 0.1) is 0 Å². The minimum absolute atomic E-state index is 0.587. The molecule has 1 saturated carbocycles. The zero-order valence-corrected chi connectivity index (χ0v) is 11.5. The van der Waals surface area contributed by atoms with Gasteiger partial charge in [-0.15, -0.1) is 0 Å². The van der Waals surface area contributed by atoms with Crippen molar-refractivity contribution < 1.29 is 0 Å². The first-order chi connectivity index (χ1) is 9.38. The summed E-state index contributed by atoms with van der Waals surface area (Å²) in [5.41, 5.74) is 2.49. The molecule has 0 saturated heterocycles. The number of nitrogens with zero attached hydrogens (tertiary/aromatic N) is 2. The van der Waals surface area contributed by atoms with Crippen LogP contribution in [0.2, 0.25) is 0 Å². The summed E-state index contributed by atoms with van der Waals surface area (Å²) in [6.07, 6.45) is 7.55. The van der Waals surface area contributed by atoms with Gasteiger partial charge in [-0.25, -0.2) is 4.98 Å². The third-order valence-corrected chi connectivity index (χ3v) is 4.13. The average molecular weight is 255 g/mol. The van der Waals surface area contributed by atoms with Crippen LogP contribution in [0.1, 0.15) is 56.3 Å². The quantitative estimate of drug-likeness (QED) is 0.897. The van der Waals surface area contributed by atoms with Gasteiger partial charge in [0.1, 0.15) is 5.82 Å². The van der Waals surface area contributed by atoms with E-state index < -0.39 is 0 Å². The second-order valence-electron chi connectivity index (χ2n) is 5.39. The van der Waals surface area contributed by atoms with E-state index in [4.69, 9.17) is 4.98 Å². The van der Waals surface area contributed by atoms with Gasteiger partial charge in [0.05, 0.1) is 0 Å². The number of aromatic amines is 1. The van der Waals surface area contributed by atoms with Gasteiger partial charge in [-0.2, -0.15) is 5.10 Å². The predicted octanol–water partition coefficient (Wildman–Crippen LogP) is 4.08. The number of aryl methyl sites for hydroxylation is 1. The molecule has 0 amide bonds. The van der Waals surface area contributed by atoms with Crippen LogP contribution in [-0.2, 0) is 6.42 Å². The fourth-order valence-corrected chi connectivity index (χ4v) is 3.00. The fraction of sp³-hybridized carbons (Fsp3) is 0.500. The Labute approximate surface area is 114 Å². The van der Waals surface area contributed by atoms with Gasteiger partial charge in [-0.3, -0.25) is 5.10 Å². The molecule has 0 spiro atoms. The lowest BCUT2D eigenvalue weighted by molar-refractivity contribution is 0.429. The first-order valence-electron chi connectivity index (χ1n) is 7.39. The van der Waals surface area contributed by atoms with Crippen LogP contribution < -0.4 is 0 Å². The van der Waals surface area contributed by atoms with Crippen LogP contribution in [0.5, 0.6) is 0 Å². The summed E-state index contributed by atoms with van der Waals surface area (Å²) in [5.74, 6) is 2.53. The summed E-state index contributed by atoms with van der Waals surface area (Å²) < 4.78 is 0. The second kappa shape index (κ2) is 5.55. The SMILES string of the molecule is CCc1ccccc1-c1n[nH]c(C2CCCCC2)n1. The molecule has 0 bridgehead atoms. The molecule has 3 heteroatoms. The lowest BCUT2D eigenvalue weighted by Crippen LogP contribution is -2.06. The first-order valence-corrected chi connectivity index (χ1v) is 7.39. The molecule has 1 fully saturated rings. The molecule has 3 nitrogen and oxygen atoms in total. The summed E-state index contributed by atoms with van der Waals surface area (Å²) in [6.45, 7) is 2.17. The van der Waals surface area contributed by atoms with Crippen LogP contribution in [0.3, 0.4) is 0 Å². The van der Waals surface area contributed by atoms with E-state index in [1.807, 2.05) is 0 Å². The Morgan fingerprint density at radius 3 is 2.74 bits per heavy atom. The smallest absolute Gasteiger partial charge is 0.181 e. The number of hydrogen-bond acceptors (Lipinski definition) is 2. The highest BCUT2D eigenvalue weighted by Crippen LogP contribution is 2.31. The van der Waals surface area contributed by atoms with Gasteiger partial charge in [0.15, 0.2) is 5.82 Å². The van der Waals surface area contributed by atoms with Crippen molar-refractivity contribution >= 4 is 0 Å². The average Bonchev–Trinajstić information content (AvgIpc) is 2.98. The molecule has 2 aromatic rings. The van der Waals surface area contributed by atoms with E-state index in [1.54, 1.807) is 0 Å². The second-order valence-corrected chi connectivity index (χ2v) is 5.39. The van der Waals surface area contributed by atoms with Gasteiger partial charge in [0.25, 0.3) is 0 Å². The van der Waals surface area contributed by atoms with E-state index in [0.29, 0.717) is 5.92 Å². The lowest BCUT2D eigenvalue weighted by atomic mass is 9.89. The van der Waals surface area contributed by atoms with Gasteiger partial charge in [0.2, 0.25) is 0 Å². The number of H-pyrrole nitrogens is 1. The normalized spacial score (nSPS) is 16.7. The largest absolute Gasteiger partial charge is 0.262 e. The van der Waals surface area contributed by atoms with Crippen LogP contribution in [0.4, 0.5) is 0 Å². The van der Waals surface area contributed by atoms with Crippen LogP contribution >= 0.6 is 0 Å². The summed E-state index contributed by atoms with van der Waals surface area (Å²) in [6, 6.07) is 8.42. The third kappa shape index (κ3) is 2.55. The topological polar surface area (TPSA) is 41.6 Å². The molecule has 3 rings (SSSR count). The molecule has 1 aliphatic rings. The van der Waals surface area contributed by atoms with Gasteiger partial charge in [-0.1, -0.05) is 50.5 Å². The molecule has 1 heterocycles. The number of aromatic nitrogens is 3. The van der Waals surface area contributed by atoms with Crippen molar-refractivity contribution in [3.8, 4) is 11.4 Å². The highest BCUT2D eigenvalue weighted by atomic mass is 15.2. The van der Waals surface area contributed by atoms with E-state index in [0.717, 1.165) is 18.1 Å². The van der Waals surface area contributed by atoms with Crippen molar-refractivity contribution in [2.75, 3.05) is 0 Å². The molecule has 0 atom stereocenters. The zero-order chi connectivity index (χ0) is 13.1. The van der Waals surface area contributed by atoms with Gasteiger partial charge < -0.3 is 0 Å². The molecule has 0 unspecified atom stereocenters. The van der Waals surface area contributed by atoms with Gasteiger partial charge in [-0.05, 0) is 24.8 Å². The molecule has 1 aromatic carbocycles. The lowest BCUT2D eigenvalue weighted by Gasteiger charge is -2.18. The zero-order valence-electron chi connectivity index (χ0n) is 11.5. The maximum absolute atomic E-state index is 4.75. The van der Waals surface area contributed by atoms with Gasteiger partial charge >= 0.3 is 0 Å². The van der Waals surface area contributed by atoms with Crippen molar-refractivity contribution in [1.82, 2.24) is 15.2 Å². The Morgan fingerprint density at radius 2 is 1.95 bits per heavy atom. The molecular weight excluding hydrogens is 234 g/mol. The molecule has 100 valence electrons. The Balaban J connectivity index is 1.88. The Hall–Kier alpha value is -1.64. The van der Waals surface area contributed by atoms with E-state index >= 15 is 0 Å². The molecule has 0 aliphatic heterocycles. The summed E-state index contributed by atoms with van der Waals surface area (Å²) in [7, 11) is 0. The van der Waals surface area contributed by atoms with E-state index in [1.165, 1.54) is 43.2 Å². The standard InChI is InChI=1S/C16H21N3/c1-2-12-8-6-7-11-14(12)16-17-15(18-19-16)13-9-4-3-5-10-13/h6-8,11,13H,2-5,9-10H2,1H3,(H,17,18,19). The minimum atomic E-state index is 0.587. The molecular formula is C16H21N3. The number of nitrogens with one attached hydrogen (secondary N) is 1. The molecule has 0 radical (unpaired) electrons. The number of rotatable bonds is 3. The Kier molecular flexibility index (Phi) is 3.62. The summed E-state index contributed by atoms with van der Waals surface area (Å²) in [4.78, 5) is 4.75. The molecule has 19 heavy (non-hydrogen) atoms. The number of benzene rings is 1. The van der Waals surface area contributed by atoms with E-state index in [9.17, 15) is 0 Å². The molecule has 1 N–H and O–H groups in total. The Bertz CT molecular complexity index is 538. The third-order valence-electron chi connectivity index (χ3n) is 4.13. The van der Waals surface area contributed by atoms with Crippen molar-refractivity contribution in [2.24, 2.45) is 0 Å². The van der Waals surface area contributed by atoms with Crippen molar-refractivity contribution in [1.29, 1.82) is 0 Å². The minimum Gasteiger partial charge on any atom is -0.262 e. The van der Waals surface area contributed by atoms with Gasteiger partial charge in [0, 0.05) is 11.5 Å².